The third-order valence-electron chi connectivity index (χ3n) is 2.65. The predicted octanol–water partition coefficient (Wildman–Crippen LogP) is 2.57. The van der Waals surface area contributed by atoms with Gasteiger partial charge in [-0.05, 0) is 47.1 Å². The highest BCUT2D eigenvalue weighted by Gasteiger charge is 2.17. The van der Waals surface area contributed by atoms with Gasteiger partial charge in [0.1, 0.15) is 5.82 Å². The van der Waals surface area contributed by atoms with Crippen LogP contribution in [0.25, 0.3) is 0 Å². The monoisotopic (exact) mass is 230 g/mol. The van der Waals surface area contributed by atoms with Gasteiger partial charge in [0.2, 0.25) is 0 Å². The lowest BCUT2D eigenvalue weighted by molar-refractivity contribution is 0.589. The first-order valence-corrected chi connectivity index (χ1v) is 5.86. The smallest absolute Gasteiger partial charge is 0.130 e. The Balaban J connectivity index is 3.60. The number of rotatable bonds is 1. The van der Waals surface area contributed by atoms with Crippen molar-refractivity contribution in [1.29, 1.82) is 0 Å². The van der Waals surface area contributed by atoms with E-state index in [0.717, 1.165) is 27.3 Å². The molecule has 2 unspecified atom stereocenters. The lowest BCUT2D eigenvalue weighted by atomic mass is 9.95. The van der Waals surface area contributed by atoms with Crippen LogP contribution in [0.2, 0.25) is 0 Å². The molecule has 0 nitrogen and oxygen atoms in total. The molecule has 2 atom stereocenters. The summed E-state index contributed by atoms with van der Waals surface area (Å²) in [5, 5.41) is 2.08. The van der Waals surface area contributed by atoms with Gasteiger partial charge in [-0.3, -0.25) is 0 Å². The zero-order chi connectivity index (χ0) is 11.0. The Kier molecular flexibility index (Phi) is 3.67. The fourth-order valence-electron chi connectivity index (χ4n) is 1.72. The zero-order valence-corrected chi connectivity index (χ0v) is 11.4. The molecule has 0 saturated heterocycles. The molecular weight excluding hydrogens is 213 g/mol. The van der Waals surface area contributed by atoms with Crippen LogP contribution in [0, 0.1) is 19.7 Å². The van der Waals surface area contributed by atoms with E-state index in [-0.39, 0.29) is 11.7 Å². The van der Waals surface area contributed by atoms with E-state index in [1.165, 1.54) is 0 Å². The summed E-state index contributed by atoms with van der Waals surface area (Å²) < 4.78 is 13.9. The van der Waals surface area contributed by atoms with Crippen molar-refractivity contribution >= 4 is 29.1 Å². The molecule has 0 spiro atoms. The Morgan fingerprint density at radius 2 is 1.43 bits per heavy atom. The van der Waals surface area contributed by atoms with E-state index in [1.54, 1.807) is 0 Å². The number of hydrogen-bond acceptors (Lipinski definition) is 0. The van der Waals surface area contributed by atoms with Gasteiger partial charge in [-0.1, -0.05) is 13.8 Å². The van der Waals surface area contributed by atoms with Crippen molar-refractivity contribution in [1.82, 2.24) is 0 Å². The molecule has 0 saturated carbocycles. The van der Waals surface area contributed by atoms with Crippen LogP contribution in [-0.2, 0) is 0 Å². The molecule has 78 valence electrons. The largest absolute Gasteiger partial charge is 0.206 e. The van der Waals surface area contributed by atoms with Gasteiger partial charge in [0.25, 0.3) is 0 Å². The van der Waals surface area contributed by atoms with Crippen LogP contribution in [-0.4, -0.2) is 0 Å². The molecule has 1 aromatic rings. The first-order valence-electron chi connectivity index (χ1n) is 4.71. The van der Waals surface area contributed by atoms with Crippen LogP contribution in [0.3, 0.4) is 0 Å². The predicted molar refractivity (Wildman–Crippen MR) is 68.7 cm³/mol. The van der Waals surface area contributed by atoms with E-state index in [1.807, 2.05) is 27.7 Å². The molecular formula is C11H17FP2. The van der Waals surface area contributed by atoms with Crippen LogP contribution in [0.1, 0.15) is 36.5 Å². The summed E-state index contributed by atoms with van der Waals surface area (Å²) in [6, 6.07) is 0. The van der Waals surface area contributed by atoms with E-state index < -0.39 is 0 Å². The maximum atomic E-state index is 13.9. The molecule has 0 fully saturated rings. The summed E-state index contributed by atoms with van der Waals surface area (Å²) in [6.45, 7) is 7.86. The van der Waals surface area contributed by atoms with Crippen LogP contribution in [0.15, 0.2) is 0 Å². The number of hydrogen-bond donors (Lipinski definition) is 0. The Bertz CT molecular complexity index is 341. The molecule has 0 radical (unpaired) electrons. The van der Waals surface area contributed by atoms with Gasteiger partial charge in [0, 0.05) is 0 Å². The van der Waals surface area contributed by atoms with Crippen molar-refractivity contribution in [2.45, 2.75) is 33.6 Å². The highest BCUT2D eigenvalue weighted by atomic mass is 31.0. The lowest BCUT2D eigenvalue weighted by Crippen LogP contribution is -2.23. The highest BCUT2D eigenvalue weighted by molar-refractivity contribution is 7.36. The zero-order valence-electron chi connectivity index (χ0n) is 9.11. The molecule has 0 aliphatic rings. The van der Waals surface area contributed by atoms with Crippen molar-refractivity contribution in [2.75, 3.05) is 0 Å². The minimum atomic E-state index is -0.0475. The van der Waals surface area contributed by atoms with E-state index >= 15 is 0 Å². The van der Waals surface area contributed by atoms with Gasteiger partial charge < -0.3 is 0 Å². The Labute approximate surface area is 90.1 Å². The highest BCUT2D eigenvalue weighted by Crippen LogP contribution is 2.24. The third-order valence-corrected chi connectivity index (χ3v) is 4.47. The Morgan fingerprint density at radius 3 is 1.86 bits per heavy atom. The average molecular weight is 230 g/mol. The van der Waals surface area contributed by atoms with Crippen molar-refractivity contribution < 1.29 is 4.39 Å². The second-order valence-corrected chi connectivity index (χ2v) is 5.11. The SMILES string of the molecule is Cc1c(F)c(C(C)C)c(C)c(P)c1P. The molecule has 1 aromatic carbocycles. The minimum Gasteiger partial charge on any atom is -0.206 e. The topological polar surface area (TPSA) is 0 Å². The molecule has 0 aliphatic carbocycles. The van der Waals surface area contributed by atoms with Crippen LogP contribution < -0.4 is 10.6 Å². The maximum absolute atomic E-state index is 13.9. The van der Waals surface area contributed by atoms with E-state index in [9.17, 15) is 4.39 Å². The van der Waals surface area contributed by atoms with E-state index in [0.29, 0.717) is 0 Å². The van der Waals surface area contributed by atoms with Gasteiger partial charge >= 0.3 is 0 Å². The van der Waals surface area contributed by atoms with Crippen molar-refractivity contribution in [3.8, 4) is 0 Å². The summed E-state index contributed by atoms with van der Waals surface area (Å²) in [5.74, 6) is 0.187. The fraction of sp³-hybridized carbons (Fsp3) is 0.455. The second-order valence-electron chi connectivity index (χ2n) is 3.96. The summed E-state index contributed by atoms with van der Waals surface area (Å²) >= 11 is 0. The van der Waals surface area contributed by atoms with Crippen molar-refractivity contribution in [3.05, 3.63) is 22.5 Å². The minimum absolute atomic E-state index is 0.0475. The molecule has 0 N–H and O–H groups in total. The quantitative estimate of drug-likeness (QED) is 0.650. The molecule has 0 aromatic heterocycles. The van der Waals surface area contributed by atoms with Crippen LogP contribution in [0.4, 0.5) is 4.39 Å². The lowest BCUT2D eigenvalue weighted by Gasteiger charge is -2.18. The van der Waals surface area contributed by atoms with Crippen LogP contribution in [0.5, 0.6) is 0 Å². The molecule has 0 bridgehead atoms. The molecule has 0 heterocycles. The summed E-state index contributed by atoms with van der Waals surface area (Å²) in [5.41, 5.74) is 2.64. The summed E-state index contributed by atoms with van der Waals surface area (Å²) in [4.78, 5) is 0. The first-order chi connectivity index (χ1) is 6.37. The van der Waals surface area contributed by atoms with Crippen LogP contribution >= 0.6 is 18.5 Å². The number of benzene rings is 1. The van der Waals surface area contributed by atoms with Crippen molar-refractivity contribution in [3.63, 3.8) is 0 Å². The van der Waals surface area contributed by atoms with Gasteiger partial charge in [0.05, 0.1) is 0 Å². The molecule has 14 heavy (non-hydrogen) atoms. The van der Waals surface area contributed by atoms with Gasteiger partial charge in [-0.25, -0.2) is 4.39 Å². The first kappa shape index (κ1) is 12.1. The normalized spacial score (nSPS) is 11.1. The average Bonchev–Trinajstić information content (AvgIpc) is 2.11. The van der Waals surface area contributed by atoms with Crippen molar-refractivity contribution in [2.24, 2.45) is 0 Å². The molecule has 1 rings (SSSR count). The number of halogens is 1. The van der Waals surface area contributed by atoms with Gasteiger partial charge in [-0.2, -0.15) is 0 Å². The summed E-state index contributed by atoms with van der Waals surface area (Å²) in [6.07, 6.45) is 0. The van der Waals surface area contributed by atoms with Gasteiger partial charge in [-0.15, -0.1) is 18.5 Å². The standard InChI is InChI=1S/C11H17FP2/c1-5(2)8-6(3)10(13)11(14)7(4)9(8)12/h5H,13-14H2,1-4H3. The maximum Gasteiger partial charge on any atom is 0.130 e. The molecule has 3 heteroatoms. The van der Waals surface area contributed by atoms with E-state index in [2.05, 4.69) is 18.5 Å². The van der Waals surface area contributed by atoms with E-state index in [4.69, 9.17) is 0 Å². The Hall–Kier alpha value is 0.01000. The molecule has 0 amide bonds. The summed E-state index contributed by atoms with van der Waals surface area (Å²) in [7, 11) is 5.30. The molecule has 0 aliphatic heterocycles. The van der Waals surface area contributed by atoms with Gasteiger partial charge in [0.15, 0.2) is 0 Å². The fourth-order valence-corrected chi connectivity index (χ4v) is 2.44. The second kappa shape index (κ2) is 4.25. The third kappa shape index (κ3) is 1.86. The Morgan fingerprint density at radius 1 is 1.00 bits per heavy atom.